The first-order valence-electron chi connectivity index (χ1n) is 6.84. The second kappa shape index (κ2) is 4.74. The molecule has 0 bridgehead atoms. The third-order valence-electron chi connectivity index (χ3n) is 4.38. The molecule has 0 atom stereocenters. The van der Waals surface area contributed by atoms with E-state index in [1.807, 2.05) is 16.8 Å². The predicted octanol–water partition coefficient (Wildman–Crippen LogP) is 3.01. The summed E-state index contributed by atoms with van der Waals surface area (Å²) in [6.07, 6.45) is 2.46. The van der Waals surface area contributed by atoms with Crippen molar-refractivity contribution in [2.45, 2.75) is 33.2 Å². The molecule has 106 valence electrons. The summed E-state index contributed by atoms with van der Waals surface area (Å²) in [6.45, 7) is 5.34. The Morgan fingerprint density at radius 1 is 1.40 bits per heavy atom. The summed E-state index contributed by atoms with van der Waals surface area (Å²) in [5, 5.41) is 12.6. The van der Waals surface area contributed by atoms with Crippen molar-refractivity contribution >= 4 is 17.3 Å². The fourth-order valence-corrected chi connectivity index (χ4v) is 2.81. The Hall–Kier alpha value is -1.62. The molecule has 1 heterocycles. The van der Waals surface area contributed by atoms with Gasteiger partial charge in [0.25, 0.3) is 0 Å². The zero-order valence-electron chi connectivity index (χ0n) is 11.7. The molecule has 0 spiro atoms. The number of hydrogen-bond donors (Lipinski definition) is 1. The van der Waals surface area contributed by atoms with Gasteiger partial charge in [-0.3, -0.25) is 0 Å². The predicted molar refractivity (Wildman–Crippen MR) is 79.2 cm³/mol. The average Bonchev–Trinajstić information content (AvgIpc) is 3.06. The van der Waals surface area contributed by atoms with Crippen LogP contribution in [-0.2, 0) is 6.54 Å². The number of tetrazole rings is 1. The maximum Gasteiger partial charge on any atom is 0.183 e. The number of nitrogen functional groups attached to an aromatic ring is 1. The van der Waals surface area contributed by atoms with Crippen LogP contribution in [0, 0.1) is 11.3 Å². The van der Waals surface area contributed by atoms with Crippen molar-refractivity contribution in [1.82, 2.24) is 20.2 Å². The maximum absolute atomic E-state index is 6.27. The largest absolute Gasteiger partial charge is 0.398 e. The highest BCUT2D eigenvalue weighted by molar-refractivity contribution is 6.35. The molecule has 0 amide bonds. The SMILES string of the molecule is CC(C)C1(Cn2nnnc2-c2cccc(N)c2Cl)CC1. The standard InChI is InChI=1S/C14H18ClN5/c1-9(2)14(6-7-14)8-20-13(17-18-19-20)10-4-3-5-11(16)12(10)15/h3-5,9H,6-8,16H2,1-2H3. The number of aromatic nitrogens is 4. The molecule has 1 aliphatic rings. The van der Waals surface area contributed by atoms with Gasteiger partial charge in [0.1, 0.15) is 0 Å². The van der Waals surface area contributed by atoms with Crippen molar-refractivity contribution in [1.29, 1.82) is 0 Å². The molecule has 2 N–H and O–H groups in total. The van der Waals surface area contributed by atoms with E-state index < -0.39 is 0 Å². The van der Waals surface area contributed by atoms with E-state index in [2.05, 4.69) is 29.4 Å². The second-order valence-electron chi connectivity index (χ2n) is 5.89. The molecular formula is C14H18ClN5. The molecule has 5 nitrogen and oxygen atoms in total. The Balaban J connectivity index is 1.97. The Kier molecular flexibility index (Phi) is 3.17. The highest BCUT2D eigenvalue weighted by atomic mass is 35.5. The Morgan fingerprint density at radius 3 is 2.80 bits per heavy atom. The van der Waals surface area contributed by atoms with Crippen LogP contribution in [0.3, 0.4) is 0 Å². The molecule has 1 aliphatic carbocycles. The van der Waals surface area contributed by atoms with E-state index in [0.29, 0.717) is 27.9 Å². The molecule has 20 heavy (non-hydrogen) atoms. The van der Waals surface area contributed by atoms with Gasteiger partial charge in [0.15, 0.2) is 5.82 Å². The number of anilines is 1. The summed E-state index contributed by atoms with van der Waals surface area (Å²) < 4.78 is 1.85. The van der Waals surface area contributed by atoms with Crippen molar-refractivity contribution in [3.05, 3.63) is 23.2 Å². The summed E-state index contributed by atoms with van der Waals surface area (Å²) in [5.74, 6) is 1.31. The topological polar surface area (TPSA) is 69.6 Å². The van der Waals surface area contributed by atoms with Gasteiger partial charge in [0, 0.05) is 5.56 Å². The zero-order chi connectivity index (χ0) is 14.3. The van der Waals surface area contributed by atoms with Crippen LogP contribution in [0.2, 0.25) is 5.02 Å². The van der Waals surface area contributed by atoms with E-state index in [0.717, 1.165) is 12.1 Å². The third-order valence-corrected chi connectivity index (χ3v) is 4.80. The van der Waals surface area contributed by atoms with E-state index in [-0.39, 0.29) is 0 Å². The molecule has 0 unspecified atom stereocenters. The second-order valence-corrected chi connectivity index (χ2v) is 6.26. The first-order chi connectivity index (χ1) is 9.53. The Morgan fingerprint density at radius 2 is 2.15 bits per heavy atom. The van der Waals surface area contributed by atoms with Gasteiger partial charge >= 0.3 is 0 Å². The van der Waals surface area contributed by atoms with Gasteiger partial charge in [-0.15, -0.1) is 5.10 Å². The van der Waals surface area contributed by atoms with Crippen molar-refractivity contribution in [2.24, 2.45) is 11.3 Å². The third kappa shape index (κ3) is 2.16. The maximum atomic E-state index is 6.27. The fourth-order valence-electron chi connectivity index (χ4n) is 2.60. The molecule has 0 saturated heterocycles. The number of nitrogens with zero attached hydrogens (tertiary/aromatic N) is 4. The van der Waals surface area contributed by atoms with E-state index in [9.17, 15) is 0 Å². The number of rotatable bonds is 4. The van der Waals surface area contributed by atoms with Crippen LogP contribution in [0.5, 0.6) is 0 Å². The van der Waals surface area contributed by atoms with E-state index >= 15 is 0 Å². The van der Waals surface area contributed by atoms with Crippen LogP contribution in [-0.4, -0.2) is 20.2 Å². The molecule has 0 radical (unpaired) electrons. The van der Waals surface area contributed by atoms with Crippen molar-refractivity contribution in [2.75, 3.05) is 5.73 Å². The summed E-state index contributed by atoms with van der Waals surface area (Å²) >= 11 is 6.27. The minimum atomic E-state index is 0.330. The zero-order valence-corrected chi connectivity index (χ0v) is 12.4. The Labute approximate surface area is 123 Å². The van der Waals surface area contributed by atoms with Crippen LogP contribution in [0.25, 0.3) is 11.4 Å². The summed E-state index contributed by atoms with van der Waals surface area (Å²) in [4.78, 5) is 0. The molecule has 1 saturated carbocycles. The monoisotopic (exact) mass is 291 g/mol. The minimum Gasteiger partial charge on any atom is -0.398 e. The quantitative estimate of drug-likeness (QED) is 0.879. The van der Waals surface area contributed by atoms with E-state index in [1.54, 1.807) is 6.07 Å². The Bertz CT molecular complexity index is 630. The highest BCUT2D eigenvalue weighted by Crippen LogP contribution is 2.53. The van der Waals surface area contributed by atoms with Gasteiger partial charge < -0.3 is 5.73 Å². The normalized spacial score (nSPS) is 16.6. The number of hydrogen-bond acceptors (Lipinski definition) is 4. The van der Waals surface area contributed by atoms with E-state index in [1.165, 1.54) is 12.8 Å². The van der Waals surface area contributed by atoms with Crippen molar-refractivity contribution < 1.29 is 0 Å². The minimum absolute atomic E-state index is 0.330. The highest BCUT2D eigenvalue weighted by Gasteiger charge is 2.46. The van der Waals surface area contributed by atoms with Gasteiger partial charge in [0.05, 0.1) is 17.3 Å². The van der Waals surface area contributed by atoms with Crippen LogP contribution >= 0.6 is 11.6 Å². The summed E-state index contributed by atoms with van der Waals surface area (Å²) in [6, 6.07) is 5.54. The first-order valence-corrected chi connectivity index (χ1v) is 7.22. The first kappa shape index (κ1) is 13.4. The molecular weight excluding hydrogens is 274 g/mol. The number of benzene rings is 1. The molecule has 3 rings (SSSR count). The van der Waals surface area contributed by atoms with Crippen LogP contribution in [0.4, 0.5) is 5.69 Å². The lowest BCUT2D eigenvalue weighted by molar-refractivity contribution is 0.294. The van der Waals surface area contributed by atoms with Crippen LogP contribution in [0.1, 0.15) is 26.7 Å². The molecule has 2 aromatic rings. The summed E-state index contributed by atoms with van der Waals surface area (Å²) in [7, 11) is 0. The lowest BCUT2D eigenvalue weighted by Gasteiger charge is -2.19. The van der Waals surface area contributed by atoms with Crippen molar-refractivity contribution in [3.63, 3.8) is 0 Å². The van der Waals surface area contributed by atoms with Crippen LogP contribution < -0.4 is 5.73 Å². The molecule has 0 aliphatic heterocycles. The van der Waals surface area contributed by atoms with Gasteiger partial charge in [-0.25, -0.2) is 4.68 Å². The van der Waals surface area contributed by atoms with Gasteiger partial charge in [-0.2, -0.15) is 0 Å². The van der Waals surface area contributed by atoms with Gasteiger partial charge in [0.2, 0.25) is 0 Å². The fraction of sp³-hybridized carbons (Fsp3) is 0.500. The number of halogens is 1. The molecule has 1 fully saturated rings. The molecule has 1 aromatic carbocycles. The van der Waals surface area contributed by atoms with Crippen LogP contribution in [0.15, 0.2) is 18.2 Å². The average molecular weight is 292 g/mol. The van der Waals surface area contributed by atoms with Crippen molar-refractivity contribution in [3.8, 4) is 11.4 Å². The molecule has 1 aromatic heterocycles. The number of nitrogens with two attached hydrogens (primary N) is 1. The lowest BCUT2D eigenvalue weighted by atomic mass is 9.92. The smallest absolute Gasteiger partial charge is 0.183 e. The van der Waals surface area contributed by atoms with E-state index in [4.69, 9.17) is 17.3 Å². The van der Waals surface area contributed by atoms with Gasteiger partial charge in [-0.1, -0.05) is 31.5 Å². The lowest BCUT2D eigenvalue weighted by Crippen LogP contribution is -2.19. The van der Waals surface area contributed by atoms with Gasteiger partial charge in [-0.05, 0) is 46.7 Å². The summed E-state index contributed by atoms with van der Waals surface area (Å²) in [5.41, 5.74) is 7.52. The molecule has 6 heteroatoms.